The van der Waals surface area contributed by atoms with Gasteiger partial charge in [-0.05, 0) is 11.7 Å². The number of hydrogen-bond donors (Lipinski definition) is 2. The molecule has 0 aromatic carbocycles. The Morgan fingerprint density at radius 3 is 2.60 bits per heavy atom. The van der Waals surface area contributed by atoms with Gasteiger partial charge < -0.3 is 15.7 Å². The molecular formula is C13H22N4O2S. The maximum absolute atomic E-state index is 11.4. The molecule has 0 radical (unpaired) electrons. The first-order chi connectivity index (χ1) is 9.28. The lowest BCUT2D eigenvalue weighted by Crippen LogP contribution is -2.38. The zero-order valence-corrected chi connectivity index (χ0v) is 13.2. The largest absolute Gasteiger partial charge is 0.477 e. The molecule has 0 aliphatic carbocycles. The zero-order valence-electron chi connectivity index (χ0n) is 12.4. The van der Waals surface area contributed by atoms with E-state index >= 15 is 0 Å². The SMILES string of the molecule is CSc1ncc(C(=O)O)c(N(CCN)CC(C)(C)C)n1. The van der Waals surface area contributed by atoms with Crippen LogP contribution in [0.15, 0.2) is 11.4 Å². The number of hydrogen-bond acceptors (Lipinski definition) is 6. The summed E-state index contributed by atoms with van der Waals surface area (Å²) in [4.78, 5) is 21.7. The van der Waals surface area contributed by atoms with Gasteiger partial charge in [0.2, 0.25) is 0 Å². The Labute approximate surface area is 123 Å². The molecule has 20 heavy (non-hydrogen) atoms. The molecule has 0 atom stereocenters. The summed E-state index contributed by atoms with van der Waals surface area (Å²) in [7, 11) is 0. The molecule has 0 fully saturated rings. The van der Waals surface area contributed by atoms with Crippen molar-refractivity contribution in [3.05, 3.63) is 11.8 Å². The second-order valence-electron chi connectivity index (χ2n) is 5.67. The number of rotatable bonds is 6. The predicted molar refractivity (Wildman–Crippen MR) is 81.5 cm³/mol. The molecular weight excluding hydrogens is 276 g/mol. The van der Waals surface area contributed by atoms with Crippen molar-refractivity contribution in [2.75, 3.05) is 30.8 Å². The van der Waals surface area contributed by atoms with Crippen molar-refractivity contribution >= 4 is 23.5 Å². The summed E-state index contributed by atoms with van der Waals surface area (Å²) in [6, 6.07) is 0. The molecule has 7 heteroatoms. The smallest absolute Gasteiger partial charge is 0.341 e. The quantitative estimate of drug-likeness (QED) is 0.610. The van der Waals surface area contributed by atoms with Gasteiger partial charge in [0.15, 0.2) is 5.16 Å². The van der Waals surface area contributed by atoms with E-state index in [-0.39, 0.29) is 11.0 Å². The van der Waals surface area contributed by atoms with Crippen molar-refractivity contribution in [3.63, 3.8) is 0 Å². The molecule has 0 unspecified atom stereocenters. The van der Waals surface area contributed by atoms with Crippen LogP contribution < -0.4 is 10.6 Å². The zero-order chi connectivity index (χ0) is 15.3. The second kappa shape index (κ2) is 6.90. The van der Waals surface area contributed by atoms with Crippen LogP contribution in [-0.4, -0.2) is 46.9 Å². The Hall–Kier alpha value is -1.34. The lowest BCUT2D eigenvalue weighted by molar-refractivity contribution is 0.0696. The summed E-state index contributed by atoms with van der Waals surface area (Å²) in [5.41, 5.74) is 5.77. The summed E-state index contributed by atoms with van der Waals surface area (Å²) in [5.74, 6) is -0.583. The standard InChI is InChI=1S/C13H22N4O2S/c1-13(2,3)8-17(6-5-14)10-9(11(18)19)7-15-12(16-10)20-4/h7H,5-6,8,14H2,1-4H3,(H,18,19). The number of aromatic carboxylic acids is 1. The van der Waals surface area contributed by atoms with E-state index in [0.717, 1.165) is 0 Å². The van der Waals surface area contributed by atoms with E-state index < -0.39 is 5.97 Å². The molecule has 1 heterocycles. The van der Waals surface area contributed by atoms with Crippen LogP contribution in [0.4, 0.5) is 5.82 Å². The van der Waals surface area contributed by atoms with Crippen molar-refractivity contribution in [1.82, 2.24) is 9.97 Å². The van der Waals surface area contributed by atoms with Gasteiger partial charge in [-0.1, -0.05) is 32.5 Å². The molecule has 0 spiro atoms. The molecule has 0 aliphatic heterocycles. The highest BCUT2D eigenvalue weighted by atomic mass is 32.2. The molecule has 1 rings (SSSR count). The van der Waals surface area contributed by atoms with E-state index in [1.54, 1.807) is 0 Å². The minimum absolute atomic E-state index is 0.00934. The lowest BCUT2D eigenvalue weighted by atomic mass is 9.96. The van der Waals surface area contributed by atoms with Crippen LogP contribution >= 0.6 is 11.8 Å². The minimum atomic E-state index is -1.02. The number of nitrogens with zero attached hydrogens (tertiary/aromatic N) is 3. The van der Waals surface area contributed by atoms with Crippen LogP contribution in [0.1, 0.15) is 31.1 Å². The highest BCUT2D eigenvalue weighted by Gasteiger charge is 2.23. The van der Waals surface area contributed by atoms with Gasteiger partial charge in [0, 0.05) is 25.8 Å². The fraction of sp³-hybridized carbons (Fsp3) is 0.615. The van der Waals surface area contributed by atoms with Crippen molar-refractivity contribution in [1.29, 1.82) is 0 Å². The third kappa shape index (κ3) is 4.64. The molecule has 6 nitrogen and oxygen atoms in total. The molecule has 0 saturated heterocycles. The van der Waals surface area contributed by atoms with Gasteiger partial charge in [-0.25, -0.2) is 14.8 Å². The molecule has 0 saturated carbocycles. The van der Waals surface area contributed by atoms with Crippen molar-refractivity contribution in [2.45, 2.75) is 25.9 Å². The minimum Gasteiger partial charge on any atom is -0.477 e. The summed E-state index contributed by atoms with van der Waals surface area (Å²) in [6.45, 7) is 7.94. The monoisotopic (exact) mass is 298 g/mol. The molecule has 3 N–H and O–H groups in total. The second-order valence-corrected chi connectivity index (χ2v) is 6.44. The molecule has 1 aromatic rings. The lowest BCUT2D eigenvalue weighted by Gasteiger charge is -2.31. The average molecular weight is 298 g/mol. The van der Waals surface area contributed by atoms with Crippen LogP contribution in [0.5, 0.6) is 0 Å². The Balaban J connectivity index is 3.25. The molecule has 0 amide bonds. The highest BCUT2D eigenvalue weighted by molar-refractivity contribution is 7.98. The average Bonchev–Trinajstić information content (AvgIpc) is 2.35. The van der Waals surface area contributed by atoms with Crippen LogP contribution in [0, 0.1) is 5.41 Å². The predicted octanol–water partition coefficient (Wildman–Crippen LogP) is 1.71. The van der Waals surface area contributed by atoms with Crippen LogP contribution in [0.2, 0.25) is 0 Å². The topological polar surface area (TPSA) is 92.3 Å². The fourth-order valence-electron chi connectivity index (χ4n) is 1.84. The third-order valence-electron chi connectivity index (χ3n) is 2.52. The van der Waals surface area contributed by atoms with E-state index in [0.29, 0.717) is 30.6 Å². The van der Waals surface area contributed by atoms with E-state index in [1.807, 2.05) is 11.2 Å². The summed E-state index contributed by atoms with van der Waals surface area (Å²) in [5, 5.41) is 9.86. The Kier molecular flexibility index (Phi) is 5.76. The maximum Gasteiger partial charge on any atom is 0.341 e. The first kappa shape index (κ1) is 16.7. The molecule has 0 aliphatic rings. The van der Waals surface area contributed by atoms with Crippen molar-refractivity contribution in [2.24, 2.45) is 11.1 Å². The Morgan fingerprint density at radius 2 is 2.15 bits per heavy atom. The maximum atomic E-state index is 11.4. The number of aromatic nitrogens is 2. The summed E-state index contributed by atoms with van der Waals surface area (Å²) < 4.78 is 0. The van der Waals surface area contributed by atoms with Crippen molar-refractivity contribution < 1.29 is 9.90 Å². The summed E-state index contributed by atoms with van der Waals surface area (Å²) >= 11 is 1.38. The van der Waals surface area contributed by atoms with Gasteiger partial charge in [-0.3, -0.25) is 0 Å². The van der Waals surface area contributed by atoms with Crippen LogP contribution in [0.25, 0.3) is 0 Å². The number of carboxylic acids is 1. The highest BCUT2D eigenvalue weighted by Crippen LogP contribution is 2.24. The fourth-order valence-corrected chi connectivity index (χ4v) is 2.17. The molecule has 1 aromatic heterocycles. The van der Waals surface area contributed by atoms with Gasteiger partial charge in [0.05, 0.1) is 0 Å². The van der Waals surface area contributed by atoms with Gasteiger partial charge in [-0.2, -0.15) is 0 Å². The van der Waals surface area contributed by atoms with Crippen molar-refractivity contribution in [3.8, 4) is 0 Å². The molecule has 112 valence electrons. The Bertz CT molecular complexity index is 474. The summed E-state index contributed by atoms with van der Waals surface area (Å²) in [6.07, 6.45) is 3.22. The van der Waals surface area contributed by atoms with E-state index in [2.05, 4.69) is 30.7 Å². The van der Waals surface area contributed by atoms with E-state index in [4.69, 9.17) is 5.73 Å². The number of carboxylic acid groups (broad SMARTS) is 1. The first-order valence-corrected chi connectivity index (χ1v) is 7.60. The van der Waals surface area contributed by atoms with Gasteiger partial charge in [0.25, 0.3) is 0 Å². The van der Waals surface area contributed by atoms with Crippen LogP contribution in [-0.2, 0) is 0 Å². The first-order valence-electron chi connectivity index (χ1n) is 6.38. The van der Waals surface area contributed by atoms with Gasteiger partial charge in [0.1, 0.15) is 11.4 Å². The Morgan fingerprint density at radius 1 is 1.50 bits per heavy atom. The number of nitrogens with two attached hydrogens (primary N) is 1. The van der Waals surface area contributed by atoms with Crippen LogP contribution in [0.3, 0.4) is 0 Å². The van der Waals surface area contributed by atoms with E-state index in [9.17, 15) is 9.90 Å². The normalized spacial score (nSPS) is 11.4. The number of thioether (sulfide) groups is 1. The molecule has 0 bridgehead atoms. The number of carbonyl (C=O) groups is 1. The van der Waals surface area contributed by atoms with Gasteiger partial charge >= 0.3 is 5.97 Å². The number of anilines is 1. The van der Waals surface area contributed by atoms with E-state index in [1.165, 1.54) is 18.0 Å². The third-order valence-corrected chi connectivity index (χ3v) is 3.09. The van der Waals surface area contributed by atoms with Gasteiger partial charge in [-0.15, -0.1) is 0 Å².